The molecule has 0 spiro atoms. The summed E-state index contributed by atoms with van der Waals surface area (Å²) in [6.07, 6.45) is -0.803. The molecular weight excluding hydrogens is 408 g/mol. The number of hydrogen-bond acceptors (Lipinski definition) is 6. The highest BCUT2D eigenvalue weighted by atomic mass is 16.7. The van der Waals surface area contributed by atoms with E-state index < -0.39 is 12.1 Å². The molecule has 0 radical (unpaired) electrons. The zero-order chi connectivity index (χ0) is 23.4. The molecule has 3 aromatic rings. The maximum absolute atomic E-state index is 12.7. The van der Waals surface area contributed by atoms with E-state index in [-0.39, 0.29) is 11.6 Å². The lowest BCUT2D eigenvalue weighted by Crippen LogP contribution is -2.39. The van der Waals surface area contributed by atoms with E-state index in [0.29, 0.717) is 16.7 Å². The first-order chi connectivity index (χ1) is 15.5. The van der Waals surface area contributed by atoms with Crippen molar-refractivity contribution in [2.45, 2.75) is 12.1 Å². The molecule has 0 saturated carbocycles. The summed E-state index contributed by atoms with van der Waals surface area (Å²) in [5.74, 6) is -1.78. The Kier molecular flexibility index (Phi) is 9.91. The third kappa shape index (κ3) is 5.96. The maximum Gasteiger partial charge on any atom is 0.260 e. The summed E-state index contributed by atoms with van der Waals surface area (Å²) in [6.45, 7) is 0. The predicted molar refractivity (Wildman–Crippen MR) is 121 cm³/mol. The van der Waals surface area contributed by atoms with Crippen LogP contribution >= 0.6 is 0 Å². The Hall–Kier alpha value is -3.16. The molecule has 0 aromatic heterocycles. The normalized spacial score (nSPS) is 10.9. The monoisotopic (exact) mass is 436 g/mol. The number of methoxy groups -OCH3 is 4. The number of ether oxygens (including phenoxy) is 4. The first kappa shape index (κ1) is 25.1. The summed E-state index contributed by atoms with van der Waals surface area (Å²) in [6, 6.07) is 27.1. The molecule has 0 saturated heterocycles. The summed E-state index contributed by atoms with van der Waals surface area (Å²) < 4.78 is 20.5. The molecule has 0 N–H and O–H groups in total. The summed E-state index contributed by atoms with van der Waals surface area (Å²) >= 11 is 0. The molecule has 0 unspecified atom stereocenters. The van der Waals surface area contributed by atoms with E-state index in [1.165, 1.54) is 28.4 Å². The quantitative estimate of drug-likeness (QED) is 0.363. The van der Waals surface area contributed by atoms with Gasteiger partial charge < -0.3 is 18.9 Å². The predicted octanol–water partition coefficient (Wildman–Crippen LogP) is 4.50. The molecule has 6 heteroatoms. The van der Waals surface area contributed by atoms with Gasteiger partial charge in [-0.05, 0) is 0 Å². The van der Waals surface area contributed by atoms with Gasteiger partial charge in [-0.15, -0.1) is 0 Å². The van der Waals surface area contributed by atoms with Crippen molar-refractivity contribution in [3.05, 3.63) is 108 Å². The van der Waals surface area contributed by atoms with Crippen LogP contribution in [0.5, 0.6) is 0 Å². The van der Waals surface area contributed by atoms with Gasteiger partial charge in [-0.3, -0.25) is 9.59 Å². The van der Waals surface area contributed by atoms with Gasteiger partial charge in [0, 0.05) is 45.1 Å². The van der Waals surface area contributed by atoms with Crippen molar-refractivity contribution in [3.8, 4) is 0 Å². The number of rotatable bonds is 9. The number of Topliss-reactive ketones (excluding diaryl/α,β-unsaturated/α-hetero) is 2. The van der Waals surface area contributed by atoms with Gasteiger partial charge >= 0.3 is 0 Å². The van der Waals surface area contributed by atoms with Crippen molar-refractivity contribution in [1.29, 1.82) is 0 Å². The molecule has 0 atom stereocenters. The van der Waals surface area contributed by atoms with Crippen molar-refractivity contribution in [2.24, 2.45) is 0 Å². The Bertz CT molecular complexity index is 949. The number of hydrogen-bond donors (Lipinski definition) is 0. The lowest BCUT2D eigenvalue weighted by molar-refractivity contribution is -0.176. The van der Waals surface area contributed by atoms with Crippen LogP contribution in [-0.2, 0) is 24.7 Å². The third-order valence-corrected chi connectivity index (χ3v) is 4.76. The van der Waals surface area contributed by atoms with E-state index in [1.807, 2.05) is 54.6 Å². The van der Waals surface area contributed by atoms with Crippen molar-refractivity contribution < 1.29 is 28.5 Å². The molecule has 0 heterocycles. The molecule has 0 aliphatic heterocycles. The minimum atomic E-state index is -1.40. The second kappa shape index (κ2) is 12.6. The fourth-order valence-corrected chi connectivity index (χ4v) is 3.12. The first-order valence-corrected chi connectivity index (χ1v) is 9.94. The van der Waals surface area contributed by atoms with Crippen LogP contribution in [0.3, 0.4) is 0 Å². The molecule has 0 bridgehead atoms. The van der Waals surface area contributed by atoms with Crippen LogP contribution < -0.4 is 0 Å². The minimum absolute atomic E-state index is 0.161. The Labute approximate surface area is 188 Å². The molecule has 0 aliphatic rings. The van der Waals surface area contributed by atoms with E-state index in [2.05, 4.69) is 0 Å². The molecule has 168 valence electrons. The van der Waals surface area contributed by atoms with E-state index in [9.17, 15) is 9.59 Å². The minimum Gasteiger partial charge on any atom is -0.349 e. The fourth-order valence-electron chi connectivity index (χ4n) is 3.12. The number of carbonyl (C=O) groups excluding carboxylic acids is 2. The SMILES string of the molecule is COC(OC)(C(=O)c1ccccc1)c1ccccc1.COC(OC)C(=O)c1ccccc1. The van der Waals surface area contributed by atoms with Crippen LogP contribution in [0.2, 0.25) is 0 Å². The Balaban J connectivity index is 0.000000244. The summed E-state index contributed by atoms with van der Waals surface area (Å²) in [5.41, 5.74) is 1.82. The lowest BCUT2D eigenvalue weighted by Gasteiger charge is -2.29. The van der Waals surface area contributed by atoms with Gasteiger partial charge in [0.15, 0.2) is 0 Å². The highest BCUT2D eigenvalue weighted by molar-refractivity contribution is 6.02. The van der Waals surface area contributed by atoms with Crippen LogP contribution in [0.1, 0.15) is 26.3 Å². The van der Waals surface area contributed by atoms with Gasteiger partial charge in [-0.2, -0.15) is 0 Å². The number of ketones is 2. The van der Waals surface area contributed by atoms with Crippen molar-refractivity contribution in [3.63, 3.8) is 0 Å². The van der Waals surface area contributed by atoms with Crippen molar-refractivity contribution in [1.82, 2.24) is 0 Å². The largest absolute Gasteiger partial charge is 0.349 e. The topological polar surface area (TPSA) is 71.1 Å². The van der Waals surface area contributed by atoms with Gasteiger partial charge in [0.25, 0.3) is 5.79 Å². The summed E-state index contributed by atoms with van der Waals surface area (Å²) in [5, 5.41) is 0. The molecule has 3 rings (SSSR count). The lowest BCUT2D eigenvalue weighted by atomic mass is 9.96. The van der Waals surface area contributed by atoms with Crippen molar-refractivity contribution >= 4 is 11.6 Å². The summed E-state index contributed by atoms with van der Waals surface area (Å²) in [7, 11) is 5.82. The van der Waals surface area contributed by atoms with E-state index in [0.717, 1.165) is 0 Å². The molecule has 32 heavy (non-hydrogen) atoms. The fraction of sp³-hybridized carbons (Fsp3) is 0.231. The molecule has 6 nitrogen and oxygen atoms in total. The van der Waals surface area contributed by atoms with Gasteiger partial charge in [0.1, 0.15) is 0 Å². The zero-order valence-corrected chi connectivity index (χ0v) is 18.7. The van der Waals surface area contributed by atoms with Gasteiger partial charge in [-0.1, -0.05) is 91.0 Å². The third-order valence-electron chi connectivity index (χ3n) is 4.76. The van der Waals surface area contributed by atoms with Crippen LogP contribution in [0.4, 0.5) is 0 Å². The average Bonchev–Trinajstić information content (AvgIpc) is 2.88. The van der Waals surface area contributed by atoms with E-state index >= 15 is 0 Å². The second-order valence-electron chi connectivity index (χ2n) is 6.62. The van der Waals surface area contributed by atoms with Crippen LogP contribution in [0.25, 0.3) is 0 Å². The molecule has 0 fully saturated rings. The smallest absolute Gasteiger partial charge is 0.260 e. The molecule has 0 amide bonds. The van der Waals surface area contributed by atoms with Crippen LogP contribution in [0.15, 0.2) is 91.0 Å². The van der Waals surface area contributed by atoms with Gasteiger partial charge in [0.2, 0.25) is 17.9 Å². The average molecular weight is 437 g/mol. The Morgan fingerprint density at radius 2 is 1.03 bits per heavy atom. The second-order valence-corrected chi connectivity index (χ2v) is 6.62. The van der Waals surface area contributed by atoms with E-state index in [4.69, 9.17) is 18.9 Å². The van der Waals surface area contributed by atoms with Crippen LogP contribution in [0, 0.1) is 0 Å². The van der Waals surface area contributed by atoms with Crippen LogP contribution in [-0.4, -0.2) is 46.3 Å². The van der Waals surface area contributed by atoms with Gasteiger partial charge in [-0.25, -0.2) is 0 Å². The molecule has 0 aliphatic carbocycles. The Morgan fingerprint density at radius 1 is 0.625 bits per heavy atom. The van der Waals surface area contributed by atoms with Crippen molar-refractivity contribution in [2.75, 3.05) is 28.4 Å². The van der Waals surface area contributed by atoms with Gasteiger partial charge in [0.05, 0.1) is 0 Å². The highest BCUT2D eigenvalue weighted by Crippen LogP contribution is 2.30. The molecule has 3 aromatic carbocycles. The molecular formula is C26H28O6. The zero-order valence-electron chi connectivity index (χ0n) is 18.7. The number of carbonyl (C=O) groups is 2. The first-order valence-electron chi connectivity index (χ1n) is 9.94. The van der Waals surface area contributed by atoms with E-state index in [1.54, 1.807) is 36.4 Å². The standard InChI is InChI=1S/C16H16O3.C10H12O3/c1-18-16(19-2,14-11-7-4-8-12-14)15(17)13-9-5-3-6-10-13;1-12-10(13-2)9(11)8-6-4-3-5-7-8/h3-12H,1-2H3;3-7,10H,1-2H3. The summed E-state index contributed by atoms with van der Waals surface area (Å²) in [4.78, 5) is 24.2. The number of benzene rings is 3. The Morgan fingerprint density at radius 3 is 1.44 bits per heavy atom. The highest BCUT2D eigenvalue weighted by Gasteiger charge is 2.41. The maximum atomic E-state index is 12.7.